The predicted octanol–water partition coefficient (Wildman–Crippen LogP) is 2.43. The van der Waals surface area contributed by atoms with E-state index in [0.29, 0.717) is 5.71 Å². The fourth-order valence-corrected chi connectivity index (χ4v) is 1.80. The fourth-order valence-electron chi connectivity index (χ4n) is 1.49. The van der Waals surface area contributed by atoms with Crippen LogP contribution < -0.4 is 11.2 Å². The summed E-state index contributed by atoms with van der Waals surface area (Å²) >= 11 is 8.17. The molecule has 0 radical (unpaired) electrons. The number of aromatic nitrogens is 1. The third-order valence-corrected chi connectivity index (χ3v) is 2.92. The number of nitrogens with one attached hydrogen (secondary N) is 1. The summed E-state index contributed by atoms with van der Waals surface area (Å²) in [5.41, 5.74) is 10.4. The molecular weight excluding hydrogens is 324 g/mol. The van der Waals surface area contributed by atoms with E-state index >= 15 is 0 Å². The molecule has 1 aromatic heterocycles. The number of hydrazone groups is 1. The average Bonchev–Trinajstić information content (AvgIpc) is 2.42. The zero-order valence-electron chi connectivity index (χ0n) is 9.88. The summed E-state index contributed by atoms with van der Waals surface area (Å²) in [4.78, 5) is 4.29. The Morgan fingerprint density at radius 2 is 1.95 bits per heavy atom. The zero-order valence-corrected chi connectivity index (χ0v) is 12.3. The molecule has 3 N–H and O–H groups in total. The van der Waals surface area contributed by atoms with Gasteiger partial charge in [0.25, 0.3) is 0 Å². The van der Waals surface area contributed by atoms with Gasteiger partial charge in [-0.05, 0) is 36.5 Å². The van der Waals surface area contributed by atoms with E-state index in [1.807, 2.05) is 42.5 Å². The molecule has 6 heteroatoms. The van der Waals surface area contributed by atoms with E-state index in [-0.39, 0.29) is 5.11 Å². The molecule has 19 heavy (non-hydrogen) atoms. The molecule has 2 rings (SSSR count). The van der Waals surface area contributed by atoms with E-state index in [4.69, 9.17) is 18.0 Å². The Labute approximate surface area is 124 Å². The van der Waals surface area contributed by atoms with Crippen molar-refractivity contribution < 1.29 is 0 Å². The van der Waals surface area contributed by atoms with Crippen LogP contribution in [0.1, 0.15) is 11.3 Å². The molecule has 0 aliphatic heterocycles. The molecule has 0 saturated heterocycles. The fraction of sp³-hybridized carbons (Fsp3) is 0. The first-order valence-corrected chi connectivity index (χ1v) is 6.67. The summed E-state index contributed by atoms with van der Waals surface area (Å²) in [6.45, 7) is 0. The van der Waals surface area contributed by atoms with Crippen LogP contribution in [0.3, 0.4) is 0 Å². The lowest BCUT2D eigenvalue weighted by molar-refractivity contribution is 1.03. The number of halogens is 1. The normalized spacial score (nSPS) is 11.1. The minimum Gasteiger partial charge on any atom is -0.375 e. The van der Waals surface area contributed by atoms with Gasteiger partial charge in [-0.1, -0.05) is 34.1 Å². The van der Waals surface area contributed by atoms with E-state index < -0.39 is 0 Å². The van der Waals surface area contributed by atoms with Gasteiger partial charge >= 0.3 is 0 Å². The highest BCUT2D eigenvalue weighted by molar-refractivity contribution is 9.10. The highest BCUT2D eigenvalue weighted by Gasteiger charge is 2.08. The van der Waals surface area contributed by atoms with E-state index in [1.165, 1.54) is 0 Å². The van der Waals surface area contributed by atoms with Crippen molar-refractivity contribution in [2.45, 2.75) is 0 Å². The molecule has 96 valence electrons. The lowest BCUT2D eigenvalue weighted by atomic mass is 10.1. The van der Waals surface area contributed by atoms with Gasteiger partial charge in [0.05, 0.1) is 5.69 Å². The molecule has 1 aromatic carbocycles. The topological polar surface area (TPSA) is 63.3 Å². The van der Waals surface area contributed by atoms with E-state index in [1.54, 1.807) is 6.20 Å². The smallest absolute Gasteiger partial charge is 0.184 e. The van der Waals surface area contributed by atoms with Crippen molar-refractivity contribution in [3.05, 3.63) is 64.4 Å². The van der Waals surface area contributed by atoms with Gasteiger partial charge in [0.15, 0.2) is 5.11 Å². The van der Waals surface area contributed by atoms with Gasteiger partial charge in [-0.2, -0.15) is 5.10 Å². The molecule has 0 amide bonds. The second-order valence-corrected chi connectivity index (χ2v) is 5.01. The van der Waals surface area contributed by atoms with Crippen LogP contribution in [0.5, 0.6) is 0 Å². The number of hydrogen-bond donors (Lipinski definition) is 2. The SMILES string of the molecule is NC(=S)N/N=C(\c1ccc(Br)cc1)c1ccccn1. The lowest BCUT2D eigenvalue weighted by Gasteiger charge is -2.07. The molecule has 0 fully saturated rings. The van der Waals surface area contributed by atoms with Crippen LogP contribution in [0.25, 0.3) is 0 Å². The number of rotatable bonds is 3. The highest BCUT2D eigenvalue weighted by Crippen LogP contribution is 2.14. The maximum absolute atomic E-state index is 5.41. The van der Waals surface area contributed by atoms with Crippen molar-refractivity contribution in [2.75, 3.05) is 0 Å². The van der Waals surface area contributed by atoms with E-state index in [9.17, 15) is 0 Å². The first-order valence-electron chi connectivity index (χ1n) is 5.47. The van der Waals surface area contributed by atoms with Crippen molar-refractivity contribution in [3.8, 4) is 0 Å². The number of thiocarbonyl (C=S) groups is 1. The van der Waals surface area contributed by atoms with Crippen LogP contribution in [0.2, 0.25) is 0 Å². The Balaban J connectivity index is 2.43. The van der Waals surface area contributed by atoms with Crippen molar-refractivity contribution in [1.29, 1.82) is 0 Å². The van der Waals surface area contributed by atoms with E-state index in [0.717, 1.165) is 15.7 Å². The van der Waals surface area contributed by atoms with Crippen molar-refractivity contribution in [2.24, 2.45) is 10.8 Å². The molecule has 0 aliphatic rings. The summed E-state index contributed by atoms with van der Waals surface area (Å²) in [6, 6.07) is 13.4. The zero-order chi connectivity index (χ0) is 13.7. The number of nitrogens with two attached hydrogens (primary N) is 1. The summed E-state index contributed by atoms with van der Waals surface area (Å²) < 4.78 is 0.999. The van der Waals surface area contributed by atoms with Gasteiger partial charge in [0.1, 0.15) is 5.71 Å². The number of pyridine rings is 1. The predicted molar refractivity (Wildman–Crippen MR) is 83.9 cm³/mol. The largest absolute Gasteiger partial charge is 0.375 e. The molecule has 0 aliphatic carbocycles. The Kier molecular flexibility index (Phi) is 4.59. The summed E-state index contributed by atoms with van der Waals surface area (Å²) in [6.07, 6.45) is 1.71. The first kappa shape index (κ1) is 13.6. The molecule has 0 unspecified atom stereocenters. The molecule has 2 aromatic rings. The van der Waals surface area contributed by atoms with Crippen LogP contribution in [-0.4, -0.2) is 15.8 Å². The maximum atomic E-state index is 5.41. The molecule has 0 atom stereocenters. The summed E-state index contributed by atoms with van der Waals surface area (Å²) in [5.74, 6) is 0. The van der Waals surface area contributed by atoms with Crippen LogP contribution >= 0.6 is 28.1 Å². The lowest BCUT2D eigenvalue weighted by Crippen LogP contribution is -2.26. The Hall–Kier alpha value is -1.79. The molecule has 1 heterocycles. The molecule has 0 saturated carbocycles. The number of nitrogens with zero attached hydrogens (tertiary/aromatic N) is 2. The van der Waals surface area contributed by atoms with Crippen molar-refractivity contribution >= 4 is 39.0 Å². The third-order valence-electron chi connectivity index (χ3n) is 2.30. The first-order chi connectivity index (χ1) is 9.16. The quantitative estimate of drug-likeness (QED) is 0.514. The summed E-state index contributed by atoms with van der Waals surface area (Å²) in [7, 11) is 0. The molecular formula is C13H11BrN4S. The third kappa shape index (κ3) is 3.84. The van der Waals surface area contributed by atoms with Crippen molar-refractivity contribution in [1.82, 2.24) is 10.4 Å². The minimum atomic E-state index is 0.116. The second-order valence-electron chi connectivity index (χ2n) is 3.66. The minimum absolute atomic E-state index is 0.116. The van der Waals surface area contributed by atoms with Crippen LogP contribution in [0, 0.1) is 0 Å². The van der Waals surface area contributed by atoms with Gasteiger partial charge < -0.3 is 5.73 Å². The van der Waals surface area contributed by atoms with Crippen LogP contribution in [-0.2, 0) is 0 Å². The second kappa shape index (κ2) is 6.40. The Morgan fingerprint density at radius 3 is 2.53 bits per heavy atom. The van der Waals surface area contributed by atoms with Crippen molar-refractivity contribution in [3.63, 3.8) is 0 Å². The van der Waals surface area contributed by atoms with Gasteiger partial charge in [-0.25, -0.2) is 0 Å². The van der Waals surface area contributed by atoms with Crippen LogP contribution in [0.15, 0.2) is 58.2 Å². The molecule has 0 bridgehead atoms. The monoisotopic (exact) mass is 334 g/mol. The van der Waals surface area contributed by atoms with Gasteiger partial charge in [-0.15, -0.1) is 0 Å². The molecule has 4 nitrogen and oxygen atoms in total. The van der Waals surface area contributed by atoms with E-state index in [2.05, 4.69) is 31.4 Å². The van der Waals surface area contributed by atoms with Gasteiger partial charge in [0.2, 0.25) is 0 Å². The van der Waals surface area contributed by atoms with Gasteiger partial charge in [0, 0.05) is 16.2 Å². The number of benzene rings is 1. The summed E-state index contributed by atoms with van der Waals surface area (Å²) in [5, 5.41) is 4.33. The maximum Gasteiger partial charge on any atom is 0.184 e. The van der Waals surface area contributed by atoms with Crippen LogP contribution in [0.4, 0.5) is 0 Å². The number of hydrogen-bond acceptors (Lipinski definition) is 3. The van der Waals surface area contributed by atoms with Gasteiger partial charge in [-0.3, -0.25) is 10.4 Å². The standard InChI is InChI=1S/C13H11BrN4S/c14-10-6-4-9(5-7-10)12(17-18-13(15)19)11-3-1-2-8-16-11/h1-8H,(H3,15,18,19)/b17-12+. The Bertz CT molecular complexity index is 596. The highest BCUT2D eigenvalue weighted by atomic mass is 79.9. The Morgan fingerprint density at radius 1 is 1.21 bits per heavy atom. The molecule has 0 spiro atoms. The average molecular weight is 335 g/mol.